The lowest BCUT2D eigenvalue weighted by Gasteiger charge is -2.20. The van der Waals surface area contributed by atoms with Crippen LogP contribution in [0.2, 0.25) is 0 Å². The fraction of sp³-hybridized carbons (Fsp3) is 0.913. The molecule has 0 heterocycles. The Morgan fingerprint density at radius 2 is 0.627 bits per heavy atom. The molecule has 0 aromatic rings. The van der Waals surface area contributed by atoms with Gasteiger partial charge in [0.25, 0.3) is 0 Å². The fourth-order valence-corrected chi connectivity index (χ4v) is 10.7. The molecule has 444 valence electrons. The summed E-state index contributed by atoms with van der Waals surface area (Å²) in [5, 5.41) is 23.0. The zero-order valence-electron chi connectivity index (χ0n) is 50.8. The summed E-state index contributed by atoms with van der Waals surface area (Å²) in [4.78, 5) is 24.4. The number of carbonyl (C=O) groups excluding carboxylic acids is 2. The van der Waals surface area contributed by atoms with E-state index in [0.717, 1.165) is 38.5 Å². The molecule has 6 heteroatoms. The maximum atomic E-state index is 12.4. The second-order valence-electron chi connectivity index (χ2n) is 23.5. The summed E-state index contributed by atoms with van der Waals surface area (Å²) >= 11 is 0. The SMILES string of the molecule is CCCCCCCCCC/C=C/C(O)C(CO)NC(=O)CCCCCCCCCCCCCCCCCCC/C=C\CCCCCCCCCCCCCCCCCCOC(=O)CCCCCCCCCCCCC. The minimum atomic E-state index is -0.839. The van der Waals surface area contributed by atoms with Crippen molar-refractivity contribution in [2.75, 3.05) is 13.2 Å². The number of unbranched alkanes of at least 4 members (excludes halogenated alkanes) is 51. The highest BCUT2D eigenvalue weighted by molar-refractivity contribution is 5.76. The Bertz CT molecular complexity index is 1170. The van der Waals surface area contributed by atoms with Crippen LogP contribution < -0.4 is 5.32 Å². The van der Waals surface area contributed by atoms with Gasteiger partial charge in [-0.15, -0.1) is 0 Å². The lowest BCUT2D eigenvalue weighted by molar-refractivity contribution is -0.143. The van der Waals surface area contributed by atoms with E-state index in [0.29, 0.717) is 19.4 Å². The molecule has 2 unspecified atom stereocenters. The Labute approximate surface area is 469 Å². The molecule has 0 spiro atoms. The van der Waals surface area contributed by atoms with Crippen molar-refractivity contribution >= 4 is 11.9 Å². The first kappa shape index (κ1) is 73.3. The molecule has 6 nitrogen and oxygen atoms in total. The van der Waals surface area contributed by atoms with Crippen LogP contribution in [-0.2, 0) is 14.3 Å². The number of esters is 1. The number of aliphatic hydroxyl groups is 2. The third-order valence-corrected chi connectivity index (χ3v) is 16.0. The number of hydrogen-bond acceptors (Lipinski definition) is 5. The van der Waals surface area contributed by atoms with Crippen molar-refractivity contribution in [1.82, 2.24) is 5.32 Å². The Morgan fingerprint density at radius 3 is 0.947 bits per heavy atom. The van der Waals surface area contributed by atoms with Gasteiger partial charge in [-0.3, -0.25) is 9.59 Å². The van der Waals surface area contributed by atoms with Gasteiger partial charge in [0.1, 0.15) is 0 Å². The summed E-state index contributed by atoms with van der Waals surface area (Å²) in [6, 6.07) is -0.622. The number of allylic oxidation sites excluding steroid dienone is 3. The predicted octanol–water partition coefficient (Wildman–Crippen LogP) is 21.8. The summed E-state index contributed by atoms with van der Waals surface area (Å²) in [7, 11) is 0. The van der Waals surface area contributed by atoms with Crippen molar-refractivity contribution in [2.24, 2.45) is 0 Å². The van der Waals surface area contributed by atoms with Gasteiger partial charge in [-0.05, 0) is 57.8 Å². The Balaban J connectivity index is 3.31. The molecule has 0 rings (SSSR count). The van der Waals surface area contributed by atoms with Gasteiger partial charge in [0.05, 0.1) is 25.4 Å². The number of carbonyl (C=O) groups is 2. The maximum absolute atomic E-state index is 12.4. The van der Waals surface area contributed by atoms with Crippen LogP contribution in [-0.4, -0.2) is 47.4 Å². The molecule has 0 aliphatic carbocycles. The largest absolute Gasteiger partial charge is 0.466 e. The van der Waals surface area contributed by atoms with Crippen LogP contribution in [0.1, 0.15) is 380 Å². The zero-order chi connectivity index (χ0) is 54.3. The quantitative estimate of drug-likeness (QED) is 0.0320. The highest BCUT2D eigenvalue weighted by atomic mass is 16.5. The molecule has 0 aliphatic rings. The maximum Gasteiger partial charge on any atom is 0.305 e. The standard InChI is InChI=1S/C69H133NO5/c1-3-5-7-9-11-13-42-47-51-55-59-63-69(74)75-64-60-56-52-48-44-41-39-37-35-33-31-29-27-25-23-21-19-17-15-16-18-20-22-24-26-28-30-32-34-36-38-40-43-46-50-54-58-62-68(73)70-66(65-71)67(72)61-57-53-49-45-14-12-10-8-6-4-2/h15,17,57,61,66-67,71-72H,3-14,16,18-56,58-60,62-65H2,1-2H3,(H,70,73)/b17-15-,61-57+. The van der Waals surface area contributed by atoms with E-state index in [1.54, 1.807) is 6.08 Å². The van der Waals surface area contributed by atoms with Gasteiger partial charge in [-0.25, -0.2) is 0 Å². The van der Waals surface area contributed by atoms with Crippen molar-refractivity contribution in [2.45, 2.75) is 392 Å². The van der Waals surface area contributed by atoms with E-state index in [1.165, 1.54) is 315 Å². The monoisotopic (exact) mass is 1060 g/mol. The normalized spacial score (nSPS) is 12.6. The fourth-order valence-electron chi connectivity index (χ4n) is 10.7. The van der Waals surface area contributed by atoms with Crippen LogP contribution in [0.25, 0.3) is 0 Å². The van der Waals surface area contributed by atoms with Crippen LogP contribution in [0.4, 0.5) is 0 Å². The first-order valence-corrected chi connectivity index (χ1v) is 34.1. The molecule has 0 fully saturated rings. The van der Waals surface area contributed by atoms with Gasteiger partial charge < -0.3 is 20.3 Å². The lowest BCUT2D eigenvalue weighted by atomic mass is 10.0. The molecule has 0 radical (unpaired) electrons. The van der Waals surface area contributed by atoms with E-state index in [4.69, 9.17) is 4.74 Å². The minimum absolute atomic E-state index is 0.0212. The predicted molar refractivity (Wildman–Crippen MR) is 329 cm³/mol. The molecule has 0 saturated heterocycles. The van der Waals surface area contributed by atoms with E-state index in [1.807, 2.05) is 6.08 Å². The van der Waals surface area contributed by atoms with E-state index >= 15 is 0 Å². The smallest absolute Gasteiger partial charge is 0.305 e. The molecule has 0 aromatic carbocycles. The van der Waals surface area contributed by atoms with Crippen LogP contribution >= 0.6 is 0 Å². The zero-order valence-corrected chi connectivity index (χ0v) is 50.8. The number of aliphatic hydroxyl groups excluding tert-OH is 2. The third kappa shape index (κ3) is 61.4. The Kier molecular flexibility index (Phi) is 63.4. The molecule has 0 saturated carbocycles. The van der Waals surface area contributed by atoms with Crippen LogP contribution in [0.5, 0.6) is 0 Å². The number of ether oxygens (including phenoxy) is 1. The lowest BCUT2D eigenvalue weighted by Crippen LogP contribution is -2.45. The number of hydrogen-bond donors (Lipinski definition) is 3. The topological polar surface area (TPSA) is 95.9 Å². The van der Waals surface area contributed by atoms with E-state index < -0.39 is 12.1 Å². The second kappa shape index (κ2) is 64.9. The van der Waals surface area contributed by atoms with Crippen LogP contribution in [0, 0.1) is 0 Å². The van der Waals surface area contributed by atoms with Crippen LogP contribution in [0.3, 0.4) is 0 Å². The molecule has 2 atom stereocenters. The molecule has 0 aromatic heterocycles. The summed E-state index contributed by atoms with van der Waals surface area (Å²) < 4.78 is 5.48. The van der Waals surface area contributed by atoms with Gasteiger partial charge in [-0.2, -0.15) is 0 Å². The number of rotatable bonds is 64. The average Bonchev–Trinajstić information content (AvgIpc) is 3.41. The van der Waals surface area contributed by atoms with E-state index in [9.17, 15) is 19.8 Å². The number of nitrogens with one attached hydrogen (secondary N) is 1. The van der Waals surface area contributed by atoms with Gasteiger partial charge in [0.2, 0.25) is 5.91 Å². The average molecular weight is 1060 g/mol. The highest BCUT2D eigenvalue weighted by Crippen LogP contribution is 2.18. The Hall–Kier alpha value is -1.66. The number of amides is 1. The minimum Gasteiger partial charge on any atom is -0.466 e. The van der Waals surface area contributed by atoms with Crippen molar-refractivity contribution in [3.05, 3.63) is 24.3 Å². The Morgan fingerprint density at radius 1 is 0.360 bits per heavy atom. The van der Waals surface area contributed by atoms with Crippen molar-refractivity contribution in [3.8, 4) is 0 Å². The van der Waals surface area contributed by atoms with Gasteiger partial charge in [0, 0.05) is 12.8 Å². The molecule has 75 heavy (non-hydrogen) atoms. The summed E-state index contributed by atoms with van der Waals surface area (Å²) in [6.07, 6.45) is 81.4. The first-order chi connectivity index (χ1) is 37.0. The first-order valence-electron chi connectivity index (χ1n) is 34.1. The van der Waals surface area contributed by atoms with Gasteiger partial charge in [-0.1, -0.05) is 334 Å². The second-order valence-corrected chi connectivity index (χ2v) is 23.5. The summed E-state index contributed by atoms with van der Waals surface area (Å²) in [5.74, 6) is -0.0432. The molecule has 3 N–H and O–H groups in total. The molecule has 0 bridgehead atoms. The molecular weight excluding hydrogens is 923 g/mol. The van der Waals surface area contributed by atoms with Crippen molar-refractivity contribution in [1.29, 1.82) is 0 Å². The molecular formula is C69H133NO5. The highest BCUT2D eigenvalue weighted by Gasteiger charge is 2.18. The van der Waals surface area contributed by atoms with Gasteiger partial charge >= 0.3 is 5.97 Å². The van der Waals surface area contributed by atoms with Crippen molar-refractivity contribution in [3.63, 3.8) is 0 Å². The summed E-state index contributed by atoms with van der Waals surface area (Å²) in [6.45, 7) is 4.91. The summed E-state index contributed by atoms with van der Waals surface area (Å²) in [5.41, 5.74) is 0. The van der Waals surface area contributed by atoms with E-state index in [2.05, 4.69) is 31.3 Å². The van der Waals surface area contributed by atoms with E-state index in [-0.39, 0.29) is 18.5 Å². The molecule has 0 aliphatic heterocycles. The van der Waals surface area contributed by atoms with Crippen LogP contribution in [0.15, 0.2) is 24.3 Å². The van der Waals surface area contributed by atoms with Gasteiger partial charge in [0.15, 0.2) is 0 Å². The molecule has 1 amide bonds. The van der Waals surface area contributed by atoms with Crippen molar-refractivity contribution < 1.29 is 24.5 Å². The third-order valence-electron chi connectivity index (χ3n) is 16.0.